The van der Waals surface area contributed by atoms with Crippen molar-refractivity contribution < 1.29 is 23.0 Å². The number of rotatable bonds is 4. The van der Waals surface area contributed by atoms with Gasteiger partial charge in [0.1, 0.15) is 0 Å². The van der Waals surface area contributed by atoms with Crippen molar-refractivity contribution in [2.24, 2.45) is 0 Å². The quantitative estimate of drug-likeness (QED) is 0.772. The Morgan fingerprint density at radius 2 is 2.31 bits per heavy atom. The third-order valence-corrected chi connectivity index (χ3v) is 1.85. The molecule has 0 atom stereocenters. The van der Waals surface area contributed by atoms with Crippen molar-refractivity contribution in [2.45, 2.75) is 13.5 Å². The predicted molar refractivity (Wildman–Crippen MR) is 51.8 cm³/mol. The third-order valence-electron chi connectivity index (χ3n) is 1.53. The number of halogens is 3. The van der Waals surface area contributed by atoms with Crippen molar-refractivity contribution in [3.63, 3.8) is 0 Å². The Labute approximate surface area is 95.1 Å². The summed E-state index contributed by atoms with van der Waals surface area (Å²) in [7, 11) is 0. The Bertz CT molecular complexity index is 387. The van der Waals surface area contributed by atoms with E-state index in [-0.39, 0.29) is 23.1 Å². The number of hydrogen-bond acceptors (Lipinski definition) is 4. The molecule has 0 radical (unpaired) electrons. The highest BCUT2D eigenvalue weighted by atomic mass is 35.5. The molecule has 0 amide bonds. The number of carbonyl (C=O) groups excluding carboxylic acids is 1. The van der Waals surface area contributed by atoms with Gasteiger partial charge in [0.15, 0.2) is 0 Å². The van der Waals surface area contributed by atoms with Crippen LogP contribution in [0.1, 0.15) is 17.3 Å². The number of aromatic nitrogens is 1. The Balaban J connectivity index is 2.87. The van der Waals surface area contributed by atoms with Gasteiger partial charge in [0.05, 0.1) is 17.2 Å². The fourth-order valence-electron chi connectivity index (χ4n) is 0.928. The molecule has 0 bridgehead atoms. The molecule has 16 heavy (non-hydrogen) atoms. The van der Waals surface area contributed by atoms with Gasteiger partial charge in [0, 0.05) is 12.3 Å². The number of nitrogens with zero attached hydrogens (tertiary/aromatic N) is 1. The van der Waals surface area contributed by atoms with Crippen LogP contribution < -0.4 is 4.74 Å². The molecule has 4 nitrogen and oxygen atoms in total. The van der Waals surface area contributed by atoms with Crippen LogP contribution >= 0.6 is 11.6 Å². The van der Waals surface area contributed by atoms with Crippen molar-refractivity contribution in [3.05, 3.63) is 22.8 Å². The summed E-state index contributed by atoms with van der Waals surface area (Å²) in [4.78, 5) is 14.8. The standard InChI is InChI=1S/C9H8ClF2NO3/c1-2-15-8(14)5-4-13-7(3-6(5)10)16-9(11)12/h3-4,9H,2H2,1H3. The van der Waals surface area contributed by atoms with Crippen molar-refractivity contribution in [1.29, 1.82) is 0 Å². The zero-order valence-corrected chi connectivity index (χ0v) is 9.00. The SMILES string of the molecule is CCOC(=O)c1cnc(OC(F)F)cc1Cl. The maximum Gasteiger partial charge on any atom is 0.388 e. The first-order valence-corrected chi connectivity index (χ1v) is 4.70. The summed E-state index contributed by atoms with van der Waals surface area (Å²) in [5.41, 5.74) is 0.00475. The molecule has 0 fully saturated rings. The molecule has 7 heteroatoms. The molecule has 0 aliphatic heterocycles. The maximum absolute atomic E-state index is 11.8. The largest absolute Gasteiger partial charge is 0.462 e. The summed E-state index contributed by atoms with van der Waals surface area (Å²) in [6.45, 7) is -1.17. The van der Waals surface area contributed by atoms with Gasteiger partial charge < -0.3 is 9.47 Å². The van der Waals surface area contributed by atoms with Gasteiger partial charge in [-0.05, 0) is 6.92 Å². The first kappa shape index (κ1) is 12.6. The molecule has 0 spiro atoms. The Morgan fingerprint density at radius 3 is 2.81 bits per heavy atom. The summed E-state index contributed by atoms with van der Waals surface area (Å²) in [6.07, 6.45) is 1.03. The average Bonchev–Trinajstić information content (AvgIpc) is 2.16. The smallest absolute Gasteiger partial charge is 0.388 e. The molecule has 1 heterocycles. The lowest BCUT2D eigenvalue weighted by Gasteiger charge is -2.06. The lowest BCUT2D eigenvalue weighted by Crippen LogP contribution is -2.08. The average molecular weight is 252 g/mol. The Morgan fingerprint density at radius 1 is 1.62 bits per heavy atom. The zero-order valence-electron chi connectivity index (χ0n) is 8.25. The van der Waals surface area contributed by atoms with E-state index in [0.29, 0.717) is 0 Å². The second-order valence-corrected chi connectivity index (χ2v) is 3.01. The number of ether oxygens (including phenoxy) is 2. The van der Waals surface area contributed by atoms with Crippen LogP contribution in [0.4, 0.5) is 8.78 Å². The molecule has 1 rings (SSSR count). The molecule has 0 unspecified atom stereocenters. The summed E-state index contributed by atoms with van der Waals surface area (Å²) in [5, 5.41) is -0.0518. The van der Waals surface area contributed by atoms with Crippen LogP contribution in [0.25, 0.3) is 0 Å². The fourth-order valence-corrected chi connectivity index (χ4v) is 1.15. The lowest BCUT2D eigenvalue weighted by molar-refractivity contribution is -0.0528. The monoisotopic (exact) mass is 251 g/mol. The van der Waals surface area contributed by atoms with Crippen LogP contribution in [0.2, 0.25) is 5.02 Å². The van der Waals surface area contributed by atoms with Gasteiger partial charge in [-0.2, -0.15) is 8.78 Å². The number of pyridine rings is 1. The van der Waals surface area contributed by atoms with E-state index in [4.69, 9.17) is 11.6 Å². The van der Waals surface area contributed by atoms with Crippen LogP contribution in [0, 0.1) is 0 Å². The second-order valence-electron chi connectivity index (χ2n) is 2.60. The highest BCUT2D eigenvalue weighted by molar-refractivity contribution is 6.33. The third kappa shape index (κ3) is 3.30. The van der Waals surface area contributed by atoms with Crippen LogP contribution in [0.15, 0.2) is 12.3 Å². The second kappa shape index (κ2) is 5.60. The highest BCUT2D eigenvalue weighted by Gasteiger charge is 2.14. The first-order chi connectivity index (χ1) is 7.54. The molecule has 1 aromatic rings. The summed E-state index contributed by atoms with van der Waals surface area (Å²) < 4.78 is 32.4. The van der Waals surface area contributed by atoms with E-state index in [1.807, 2.05) is 0 Å². The van der Waals surface area contributed by atoms with Crippen LogP contribution in [0.5, 0.6) is 5.88 Å². The van der Waals surface area contributed by atoms with Gasteiger partial charge in [-0.15, -0.1) is 0 Å². The van der Waals surface area contributed by atoms with E-state index in [2.05, 4.69) is 14.5 Å². The predicted octanol–water partition coefficient (Wildman–Crippen LogP) is 2.51. The molecule has 0 saturated heterocycles. The minimum Gasteiger partial charge on any atom is -0.462 e. The topological polar surface area (TPSA) is 48.4 Å². The number of carbonyl (C=O) groups is 1. The molecule has 0 aliphatic carbocycles. The molecule has 0 N–H and O–H groups in total. The number of esters is 1. The molecular formula is C9H8ClF2NO3. The molecule has 0 aliphatic rings. The molecule has 0 aromatic carbocycles. The molecule has 0 saturated carbocycles. The van der Waals surface area contributed by atoms with Crippen molar-refractivity contribution in [3.8, 4) is 5.88 Å². The zero-order chi connectivity index (χ0) is 12.1. The fraction of sp³-hybridized carbons (Fsp3) is 0.333. The van der Waals surface area contributed by atoms with Gasteiger partial charge in [-0.25, -0.2) is 9.78 Å². The van der Waals surface area contributed by atoms with Crippen LogP contribution in [-0.2, 0) is 4.74 Å². The van der Waals surface area contributed by atoms with Crippen molar-refractivity contribution in [1.82, 2.24) is 4.98 Å². The normalized spacial score (nSPS) is 10.3. The number of hydrogen-bond donors (Lipinski definition) is 0. The molecule has 88 valence electrons. The van der Waals surface area contributed by atoms with E-state index >= 15 is 0 Å². The van der Waals surface area contributed by atoms with E-state index in [1.54, 1.807) is 6.92 Å². The molecule has 1 aromatic heterocycles. The van der Waals surface area contributed by atoms with Gasteiger partial charge in [-0.1, -0.05) is 11.6 Å². The lowest BCUT2D eigenvalue weighted by atomic mass is 10.3. The van der Waals surface area contributed by atoms with Crippen molar-refractivity contribution >= 4 is 17.6 Å². The van der Waals surface area contributed by atoms with Crippen LogP contribution in [0.3, 0.4) is 0 Å². The Kier molecular flexibility index (Phi) is 4.42. The summed E-state index contributed by atoms with van der Waals surface area (Å²) in [5.74, 6) is -1.02. The Hall–Kier alpha value is -1.43. The summed E-state index contributed by atoms with van der Waals surface area (Å²) in [6, 6.07) is 1.03. The number of alkyl halides is 2. The minimum atomic E-state index is -2.99. The van der Waals surface area contributed by atoms with Gasteiger partial charge in [0.25, 0.3) is 0 Å². The molecular weight excluding hydrogens is 244 g/mol. The van der Waals surface area contributed by atoms with E-state index < -0.39 is 12.6 Å². The van der Waals surface area contributed by atoms with E-state index in [9.17, 15) is 13.6 Å². The van der Waals surface area contributed by atoms with Crippen LogP contribution in [-0.4, -0.2) is 24.2 Å². The van der Waals surface area contributed by atoms with E-state index in [1.165, 1.54) is 0 Å². The first-order valence-electron chi connectivity index (χ1n) is 4.32. The summed E-state index contributed by atoms with van der Waals surface area (Å²) >= 11 is 5.68. The van der Waals surface area contributed by atoms with Gasteiger partial charge >= 0.3 is 12.6 Å². The highest BCUT2D eigenvalue weighted by Crippen LogP contribution is 2.21. The van der Waals surface area contributed by atoms with Gasteiger partial charge in [-0.3, -0.25) is 0 Å². The van der Waals surface area contributed by atoms with Crippen molar-refractivity contribution in [2.75, 3.05) is 6.61 Å². The maximum atomic E-state index is 11.8. The van der Waals surface area contributed by atoms with Gasteiger partial charge in [0.2, 0.25) is 5.88 Å². The van der Waals surface area contributed by atoms with E-state index in [0.717, 1.165) is 12.3 Å². The minimum absolute atomic E-state index is 0.00475.